The molecule has 0 bridgehead atoms. The van der Waals surface area contributed by atoms with E-state index in [1.807, 2.05) is 6.07 Å². The quantitative estimate of drug-likeness (QED) is 0.523. The zero-order chi connectivity index (χ0) is 18.5. The maximum absolute atomic E-state index is 13.0. The topological polar surface area (TPSA) is 55.4 Å². The second kappa shape index (κ2) is 7.80. The van der Waals surface area contributed by atoms with Crippen LogP contribution in [0.1, 0.15) is 20.7 Å². The molecule has 1 amide bonds. The minimum atomic E-state index is -0.698. The summed E-state index contributed by atoms with van der Waals surface area (Å²) in [5.41, 5.74) is 1.15. The number of anilines is 1. The molecule has 26 heavy (non-hydrogen) atoms. The summed E-state index contributed by atoms with van der Waals surface area (Å²) in [6, 6.07) is 18.5. The highest BCUT2D eigenvalue weighted by molar-refractivity contribution is 6.33. The number of halogens is 2. The lowest BCUT2D eigenvalue weighted by molar-refractivity contribution is 0.0734. The van der Waals surface area contributed by atoms with Crippen molar-refractivity contribution in [1.82, 2.24) is 0 Å². The number of carbonyl (C=O) groups is 2. The Balaban J connectivity index is 1.66. The van der Waals surface area contributed by atoms with Crippen LogP contribution in [0.2, 0.25) is 5.02 Å². The van der Waals surface area contributed by atoms with Gasteiger partial charge in [0.15, 0.2) is 0 Å². The summed E-state index contributed by atoms with van der Waals surface area (Å²) in [6.07, 6.45) is 0. The average Bonchev–Trinajstić information content (AvgIpc) is 2.64. The number of benzene rings is 3. The molecule has 130 valence electrons. The summed E-state index contributed by atoms with van der Waals surface area (Å²) in [4.78, 5) is 24.2. The first-order valence-corrected chi connectivity index (χ1v) is 8.04. The largest absolute Gasteiger partial charge is 0.423 e. The normalized spacial score (nSPS) is 10.2. The van der Waals surface area contributed by atoms with Gasteiger partial charge in [0.25, 0.3) is 5.91 Å². The fourth-order valence-corrected chi connectivity index (χ4v) is 2.46. The first kappa shape index (κ1) is 17.6. The molecule has 3 aromatic carbocycles. The zero-order valence-corrected chi connectivity index (χ0v) is 14.2. The van der Waals surface area contributed by atoms with E-state index in [0.29, 0.717) is 11.3 Å². The van der Waals surface area contributed by atoms with Crippen molar-refractivity contribution in [2.45, 2.75) is 0 Å². The van der Waals surface area contributed by atoms with Gasteiger partial charge in [0.1, 0.15) is 11.6 Å². The summed E-state index contributed by atoms with van der Waals surface area (Å²) in [6.45, 7) is 0. The molecule has 0 radical (unpaired) electrons. The molecule has 0 saturated carbocycles. The molecule has 0 aromatic heterocycles. The number of esters is 1. The van der Waals surface area contributed by atoms with E-state index in [4.69, 9.17) is 16.3 Å². The highest BCUT2D eigenvalue weighted by Crippen LogP contribution is 2.21. The molecule has 0 unspecified atom stereocenters. The molecular weight excluding hydrogens is 357 g/mol. The van der Waals surface area contributed by atoms with Gasteiger partial charge in [-0.2, -0.15) is 0 Å². The Bertz CT molecular complexity index is 943. The van der Waals surface area contributed by atoms with Crippen LogP contribution in [0.25, 0.3) is 0 Å². The summed E-state index contributed by atoms with van der Waals surface area (Å²) < 4.78 is 18.2. The van der Waals surface area contributed by atoms with Gasteiger partial charge in [-0.3, -0.25) is 4.79 Å². The van der Waals surface area contributed by atoms with Gasteiger partial charge in [-0.05, 0) is 54.6 Å². The third-order valence-corrected chi connectivity index (χ3v) is 3.82. The third-order valence-electron chi connectivity index (χ3n) is 3.51. The fraction of sp³-hybridized carbons (Fsp3) is 0. The van der Waals surface area contributed by atoms with Crippen LogP contribution in [0.5, 0.6) is 5.75 Å². The lowest BCUT2D eigenvalue weighted by Gasteiger charge is -2.08. The van der Waals surface area contributed by atoms with Crippen molar-refractivity contribution >= 4 is 29.2 Å². The highest BCUT2D eigenvalue weighted by atomic mass is 35.5. The van der Waals surface area contributed by atoms with E-state index < -0.39 is 11.8 Å². The number of rotatable bonds is 4. The van der Waals surface area contributed by atoms with Gasteiger partial charge in [0.2, 0.25) is 0 Å². The maximum Gasteiger partial charge on any atom is 0.345 e. The number of ether oxygens (including phenoxy) is 1. The Morgan fingerprint density at radius 2 is 1.62 bits per heavy atom. The van der Waals surface area contributed by atoms with Crippen molar-refractivity contribution in [1.29, 1.82) is 0 Å². The van der Waals surface area contributed by atoms with E-state index in [9.17, 15) is 14.0 Å². The van der Waals surface area contributed by atoms with Crippen molar-refractivity contribution in [2.75, 3.05) is 5.32 Å². The Morgan fingerprint density at radius 1 is 0.923 bits per heavy atom. The summed E-state index contributed by atoms with van der Waals surface area (Å²) in [7, 11) is 0. The standard InChI is InChI=1S/C20H13ClFNO3/c21-18-12-14(22)6-11-17(18)20(25)26-16-9-7-15(8-10-16)23-19(24)13-4-2-1-3-5-13/h1-12H,(H,23,24). The molecule has 0 spiro atoms. The van der Waals surface area contributed by atoms with E-state index >= 15 is 0 Å². The molecule has 0 aliphatic rings. The smallest absolute Gasteiger partial charge is 0.345 e. The van der Waals surface area contributed by atoms with Crippen molar-refractivity contribution in [2.24, 2.45) is 0 Å². The van der Waals surface area contributed by atoms with Gasteiger partial charge < -0.3 is 10.1 Å². The summed E-state index contributed by atoms with van der Waals surface area (Å²) in [5.74, 6) is -1.21. The van der Waals surface area contributed by atoms with Gasteiger partial charge in [-0.15, -0.1) is 0 Å². The molecule has 6 heteroatoms. The monoisotopic (exact) mass is 369 g/mol. The first-order valence-electron chi connectivity index (χ1n) is 7.66. The van der Waals surface area contributed by atoms with Gasteiger partial charge in [-0.1, -0.05) is 29.8 Å². The van der Waals surface area contributed by atoms with E-state index in [2.05, 4.69) is 5.32 Å². The molecular formula is C20H13ClFNO3. The van der Waals surface area contributed by atoms with Gasteiger partial charge in [-0.25, -0.2) is 9.18 Å². The van der Waals surface area contributed by atoms with Crippen LogP contribution >= 0.6 is 11.6 Å². The number of hydrogen-bond donors (Lipinski definition) is 1. The van der Waals surface area contributed by atoms with Crippen LogP contribution in [0.15, 0.2) is 72.8 Å². The van der Waals surface area contributed by atoms with Crippen molar-refractivity contribution in [3.8, 4) is 5.75 Å². The van der Waals surface area contributed by atoms with Gasteiger partial charge in [0.05, 0.1) is 10.6 Å². The van der Waals surface area contributed by atoms with E-state index in [1.165, 1.54) is 18.2 Å². The molecule has 3 aromatic rings. The predicted molar refractivity (Wildman–Crippen MR) is 97.2 cm³/mol. The Labute approximate surface area is 154 Å². The molecule has 1 N–H and O–H groups in total. The Hall–Kier alpha value is -3.18. The average molecular weight is 370 g/mol. The fourth-order valence-electron chi connectivity index (χ4n) is 2.22. The minimum absolute atomic E-state index is 0.0262. The highest BCUT2D eigenvalue weighted by Gasteiger charge is 2.14. The van der Waals surface area contributed by atoms with Crippen LogP contribution < -0.4 is 10.1 Å². The van der Waals surface area contributed by atoms with Crippen LogP contribution in [0.3, 0.4) is 0 Å². The second-order valence-electron chi connectivity index (χ2n) is 5.36. The number of carbonyl (C=O) groups excluding carboxylic acids is 2. The van der Waals surface area contributed by atoms with E-state index in [-0.39, 0.29) is 22.2 Å². The van der Waals surface area contributed by atoms with Crippen LogP contribution in [-0.2, 0) is 0 Å². The number of hydrogen-bond acceptors (Lipinski definition) is 3. The molecule has 4 nitrogen and oxygen atoms in total. The molecule has 3 rings (SSSR count). The number of nitrogens with one attached hydrogen (secondary N) is 1. The molecule has 0 aliphatic carbocycles. The lowest BCUT2D eigenvalue weighted by atomic mass is 10.2. The van der Waals surface area contributed by atoms with Crippen molar-refractivity contribution in [3.05, 3.63) is 94.8 Å². The Kier molecular flexibility index (Phi) is 5.29. The van der Waals surface area contributed by atoms with Crippen LogP contribution in [0, 0.1) is 5.82 Å². The molecule has 0 heterocycles. The third kappa shape index (κ3) is 4.26. The van der Waals surface area contributed by atoms with Crippen molar-refractivity contribution in [3.63, 3.8) is 0 Å². The number of amides is 1. The van der Waals surface area contributed by atoms with Gasteiger partial charge >= 0.3 is 5.97 Å². The van der Waals surface area contributed by atoms with Gasteiger partial charge in [0, 0.05) is 11.3 Å². The molecule has 0 aliphatic heterocycles. The second-order valence-corrected chi connectivity index (χ2v) is 5.77. The van der Waals surface area contributed by atoms with Crippen molar-refractivity contribution < 1.29 is 18.7 Å². The van der Waals surface area contributed by atoms with E-state index in [1.54, 1.807) is 36.4 Å². The minimum Gasteiger partial charge on any atom is -0.423 e. The Morgan fingerprint density at radius 3 is 2.27 bits per heavy atom. The lowest BCUT2D eigenvalue weighted by Crippen LogP contribution is -2.12. The molecule has 0 saturated heterocycles. The SMILES string of the molecule is O=C(Nc1ccc(OC(=O)c2ccc(F)cc2Cl)cc1)c1ccccc1. The molecule has 0 atom stereocenters. The molecule has 0 fully saturated rings. The van der Waals surface area contributed by atoms with E-state index in [0.717, 1.165) is 12.1 Å². The first-order chi connectivity index (χ1) is 12.5. The summed E-state index contributed by atoms with van der Waals surface area (Å²) >= 11 is 5.84. The summed E-state index contributed by atoms with van der Waals surface area (Å²) in [5, 5.41) is 2.72. The zero-order valence-electron chi connectivity index (χ0n) is 13.4. The predicted octanol–water partition coefficient (Wildman–Crippen LogP) is 4.95. The van der Waals surface area contributed by atoms with Crippen LogP contribution in [0.4, 0.5) is 10.1 Å². The van der Waals surface area contributed by atoms with Crippen LogP contribution in [-0.4, -0.2) is 11.9 Å². The maximum atomic E-state index is 13.0.